The van der Waals surface area contributed by atoms with Crippen LogP contribution in [0.1, 0.15) is 35.1 Å². The van der Waals surface area contributed by atoms with E-state index in [-0.39, 0.29) is 18.6 Å². The zero-order chi connectivity index (χ0) is 20.1. The minimum Gasteiger partial charge on any atom is -0.484 e. The van der Waals surface area contributed by atoms with Crippen LogP contribution in [-0.4, -0.2) is 24.0 Å². The number of thioether (sulfide) groups is 2. The van der Waals surface area contributed by atoms with Crippen LogP contribution in [0.3, 0.4) is 0 Å². The van der Waals surface area contributed by atoms with E-state index in [4.69, 9.17) is 4.74 Å². The van der Waals surface area contributed by atoms with Crippen molar-refractivity contribution in [3.8, 4) is 5.75 Å². The van der Waals surface area contributed by atoms with Crippen molar-refractivity contribution in [2.45, 2.75) is 24.0 Å². The number of fused-ring (bicyclic) bond motifs is 1. The van der Waals surface area contributed by atoms with Crippen LogP contribution < -0.4 is 10.1 Å². The summed E-state index contributed by atoms with van der Waals surface area (Å²) in [6, 6.07) is 22.5. The monoisotopic (exact) mass is 423 g/mol. The molecular formula is C24H25NO2S2. The molecule has 1 fully saturated rings. The lowest BCUT2D eigenvalue weighted by molar-refractivity contribution is -0.123. The number of carbonyl (C=O) groups is 1. The van der Waals surface area contributed by atoms with Gasteiger partial charge in [0, 0.05) is 0 Å². The Bertz CT molecular complexity index is 963. The fourth-order valence-corrected chi connectivity index (χ4v) is 6.43. The SMILES string of the molecule is CC(NC(=O)COc1ccc(C2SCCCS2)cc1)c1cccc2ccccc12. The van der Waals surface area contributed by atoms with Gasteiger partial charge in [-0.25, -0.2) is 0 Å². The van der Waals surface area contributed by atoms with Crippen molar-refractivity contribution in [2.75, 3.05) is 18.1 Å². The van der Waals surface area contributed by atoms with Gasteiger partial charge in [0.25, 0.3) is 5.91 Å². The van der Waals surface area contributed by atoms with E-state index in [0.717, 1.165) is 16.7 Å². The fraction of sp³-hybridized carbons (Fsp3) is 0.292. The smallest absolute Gasteiger partial charge is 0.258 e. The lowest BCUT2D eigenvalue weighted by Gasteiger charge is -2.21. The van der Waals surface area contributed by atoms with Crippen LogP contribution in [-0.2, 0) is 4.79 Å². The second kappa shape index (κ2) is 9.59. The first-order valence-electron chi connectivity index (χ1n) is 9.94. The van der Waals surface area contributed by atoms with Gasteiger partial charge in [-0.3, -0.25) is 4.79 Å². The minimum atomic E-state index is -0.118. The molecule has 1 atom stereocenters. The Labute approximate surface area is 180 Å². The molecule has 1 unspecified atom stereocenters. The summed E-state index contributed by atoms with van der Waals surface area (Å²) in [5.41, 5.74) is 2.43. The molecule has 1 heterocycles. The molecule has 0 aliphatic carbocycles. The maximum absolute atomic E-state index is 12.4. The molecular weight excluding hydrogens is 398 g/mol. The molecule has 1 N–H and O–H groups in total. The molecule has 150 valence electrons. The number of amides is 1. The topological polar surface area (TPSA) is 38.3 Å². The van der Waals surface area contributed by atoms with E-state index in [1.54, 1.807) is 0 Å². The number of carbonyl (C=O) groups excluding carboxylic acids is 1. The number of hydrogen-bond donors (Lipinski definition) is 1. The molecule has 0 bridgehead atoms. The Kier molecular flexibility index (Phi) is 6.67. The standard InChI is InChI=1S/C24H25NO2S2/c1-17(21-9-4-7-18-6-2-3-8-22(18)21)25-23(26)16-27-20-12-10-19(11-13-20)24-28-14-5-15-29-24/h2-4,6-13,17,24H,5,14-16H2,1H3,(H,25,26). The van der Waals surface area contributed by atoms with Crippen molar-refractivity contribution in [2.24, 2.45) is 0 Å². The van der Waals surface area contributed by atoms with E-state index in [1.165, 1.54) is 28.9 Å². The first kappa shape index (κ1) is 20.2. The first-order chi connectivity index (χ1) is 14.2. The molecule has 1 aliphatic rings. The number of nitrogens with one attached hydrogen (secondary N) is 1. The van der Waals surface area contributed by atoms with Crippen LogP contribution in [0.5, 0.6) is 5.75 Å². The quantitative estimate of drug-likeness (QED) is 0.530. The summed E-state index contributed by atoms with van der Waals surface area (Å²) < 4.78 is 6.23. The third-order valence-electron chi connectivity index (χ3n) is 5.02. The molecule has 1 saturated heterocycles. The van der Waals surface area contributed by atoms with Crippen LogP contribution in [0.2, 0.25) is 0 Å². The molecule has 0 aromatic heterocycles. The molecule has 3 aromatic carbocycles. The highest BCUT2D eigenvalue weighted by Gasteiger charge is 2.17. The molecule has 1 amide bonds. The number of benzene rings is 3. The minimum absolute atomic E-state index is 0.0153. The Balaban J connectivity index is 1.32. The third-order valence-corrected chi connectivity index (χ3v) is 8.03. The number of hydrogen-bond acceptors (Lipinski definition) is 4. The lowest BCUT2D eigenvalue weighted by atomic mass is 10.00. The van der Waals surface area contributed by atoms with Crippen molar-refractivity contribution >= 4 is 40.2 Å². The Morgan fingerprint density at radius 1 is 1.03 bits per heavy atom. The Morgan fingerprint density at radius 3 is 2.55 bits per heavy atom. The van der Waals surface area contributed by atoms with Crippen LogP contribution in [0.15, 0.2) is 66.7 Å². The van der Waals surface area contributed by atoms with E-state index in [0.29, 0.717) is 4.58 Å². The van der Waals surface area contributed by atoms with Gasteiger partial charge in [-0.05, 0) is 58.9 Å². The second-order valence-corrected chi connectivity index (χ2v) is 9.87. The van der Waals surface area contributed by atoms with Gasteiger partial charge in [0.15, 0.2) is 6.61 Å². The zero-order valence-corrected chi connectivity index (χ0v) is 18.1. The van der Waals surface area contributed by atoms with Gasteiger partial charge < -0.3 is 10.1 Å². The van der Waals surface area contributed by atoms with Gasteiger partial charge >= 0.3 is 0 Å². The summed E-state index contributed by atoms with van der Waals surface area (Å²) in [7, 11) is 0. The summed E-state index contributed by atoms with van der Waals surface area (Å²) in [4.78, 5) is 12.4. The van der Waals surface area contributed by atoms with Crippen LogP contribution in [0, 0.1) is 0 Å². The highest BCUT2D eigenvalue weighted by molar-refractivity contribution is 8.16. The summed E-state index contributed by atoms with van der Waals surface area (Å²) in [5.74, 6) is 3.07. The normalized spacial score (nSPS) is 15.8. The van der Waals surface area contributed by atoms with E-state index < -0.39 is 0 Å². The summed E-state index contributed by atoms with van der Waals surface area (Å²) in [5, 5.41) is 5.39. The van der Waals surface area contributed by atoms with E-state index in [9.17, 15) is 4.79 Å². The highest BCUT2D eigenvalue weighted by atomic mass is 32.2. The van der Waals surface area contributed by atoms with Gasteiger partial charge in [0.2, 0.25) is 0 Å². The van der Waals surface area contributed by atoms with Gasteiger partial charge in [0.1, 0.15) is 5.75 Å². The van der Waals surface area contributed by atoms with Crippen molar-refractivity contribution in [3.05, 3.63) is 77.9 Å². The molecule has 0 saturated carbocycles. The molecule has 4 rings (SSSR count). The summed E-state index contributed by atoms with van der Waals surface area (Å²) >= 11 is 4.01. The second-order valence-electron chi connectivity index (χ2n) is 7.14. The van der Waals surface area contributed by atoms with Gasteiger partial charge in [-0.1, -0.05) is 54.6 Å². The fourth-order valence-electron chi connectivity index (χ4n) is 3.54. The molecule has 29 heavy (non-hydrogen) atoms. The Morgan fingerprint density at radius 2 is 1.76 bits per heavy atom. The van der Waals surface area contributed by atoms with Gasteiger partial charge in [0.05, 0.1) is 10.6 Å². The van der Waals surface area contributed by atoms with E-state index in [1.807, 2.05) is 60.8 Å². The number of rotatable bonds is 6. The van der Waals surface area contributed by atoms with Crippen molar-refractivity contribution < 1.29 is 9.53 Å². The number of ether oxygens (including phenoxy) is 1. The third kappa shape index (κ3) is 5.09. The maximum Gasteiger partial charge on any atom is 0.258 e. The van der Waals surface area contributed by atoms with Crippen molar-refractivity contribution in [3.63, 3.8) is 0 Å². The average Bonchev–Trinajstić information content (AvgIpc) is 2.78. The van der Waals surface area contributed by atoms with Crippen LogP contribution >= 0.6 is 23.5 Å². The molecule has 3 aromatic rings. The lowest BCUT2D eigenvalue weighted by Crippen LogP contribution is -2.31. The predicted molar refractivity (Wildman–Crippen MR) is 125 cm³/mol. The predicted octanol–water partition coefficient (Wildman–Crippen LogP) is 5.96. The molecule has 0 radical (unpaired) electrons. The highest BCUT2D eigenvalue weighted by Crippen LogP contribution is 2.43. The molecule has 3 nitrogen and oxygen atoms in total. The van der Waals surface area contributed by atoms with Gasteiger partial charge in [-0.2, -0.15) is 0 Å². The average molecular weight is 424 g/mol. The molecule has 1 aliphatic heterocycles. The Hall–Kier alpha value is -2.11. The molecule has 0 spiro atoms. The molecule has 5 heteroatoms. The van der Waals surface area contributed by atoms with Crippen molar-refractivity contribution in [1.82, 2.24) is 5.32 Å². The largest absolute Gasteiger partial charge is 0.484 e. The zero-order valence-electron chi connectivity index (χ0n) is 16.5. The summed E-state index contributed by atoms with van der Waals surface area (Å²) in [6.07, 6.45) is 1.29. The van der Waals surface area contributed by atoms with E-state index >= 15 is 0 Å². The van der Waals surface area contributed by atoms with E-state index in [2.05, 4.69) is 41.7 Å². The van der Waals surface area contributed by atoms with Crippen molar-refractivity contribution in [1.29, 1.82) is 0 Å². The first-order valence-corrected chi connectivity index (χ1v) is 12.0. The maximum atomic E-state index is 12.4. The van der Waals surface area contributed by atoms with Crippen LogP contribution in [0.4, 0.5) is 0 Å². The summed E-state index contributed by atoms with van der Waals surface area (Å²) in [6.45, 7) is 2.02. The van der Waals surface area contributed by atoms with Crippen LogP contribution in [0.25, 0.3) is 10.8 Å². The van der Waals surface area contributed by atoms with Gasteiger partial charge in [-0.15, -0.1) is 23.5 Å².